The monoisotopic (exact) mass is 225 g/mol. The Labute approximate surface area is 94.0 Å². The summed E-state index contributed by atoms with van der Waals surface area (Å²) < 4.78 is 13.2. The van der Waals surface area contributed by atoms with E-state index in [0.717, 1.165) is 0 Å². The molecular weight excluding hydrogens is 209 g/mol. The summed E-state index contributed by atoms with van der Waals surface area (Å²) in [6, 6.07) is 6.40. The third-order valence-corrected chi connectivity index (χ3v) is 2.36. The molecule has 4 nitrogen and oxygen atoms in total. The lowest BCUT2D eigenvalue weighted by Gasteiger charge is -2.11. The van der Waals surface area contributed by atoms with Crippen LogP contribution in [0.15, 0.2) is 29.4 Å². The van der Waals surface area contributed by atoms with Crippen molar-refractivity contribution in [2.24, 2.45) is 10.9 Å². The van der Waals surface area contributed by atoms with Crippen LogP contribution in [0.2, 0.25) is 0 Å². The third kappa shape index (κ3) is 3.51. The Morgan fingerprint density at radius 3 is 2.88 bits per heavy atom. The summed E-state index contributed by atoms with van der Waals surface area (Å²) in [5.41, 5.74) is 6.04. The van der Waals surface area contributed by atoms with Crippen molar-refractivity contribution < 1.29 is 9.60 Å². The molecule has 1 rings (SSSR count). The third-order valence-electron chi connectivity index (χ3n) is 2.36. The summed E-state index contributed by atoms with van der Waals surface area (Å²) in [6.07, 6.45) is 0.565. The van der Waals surface area contributed by atoms with E-state index in [-0.39, 0.29) is 17.7 Å². The van der Waals surface area contributed by atoms with E-state index in [1.54, 1.807) is 25.1 Å². The number of benzene rings is 1. The molecule has 88 valence electrons. The molecule has 5 heteroatoms. The molecule has 16 heavy (non-hydrogen) atoms. The van der Waals surface area contributed by atoms with Crippen LogP contribution in [0.3, 0.4) is 0 Å². The molecule has 0 aliphatic heterocycles. The van der Waals surface area contributed by atoms with Crippen molar-refractivity contribution >= 4 is 5.84 Å². The Hall–Kier alpha value is -1.62. The molecule has 0 heterocycles. The molecule has 1 aromatic rings. The number of nitrogens with two attached hydrogens (primary N) is 1. The summed E-state index contributed by atoms with van der Waals surface area (Å²) in [7, 11) is 0. The van der Waals surface area contributed by atoms with Gasteiger partial charge in [0.1, 0.15) is 5.82 Å². The summed E-state index contributed by atoms with van der Waals surface area (Å²) in [5.74, 6) is -0.0886. The lowest BCUT2D eigenvalue weighted by atomic mass is 10.1. The van der Waals surface area contributed by atoms with Gasteiger partial charge in [-0.25, -0.2) is 4.39 Å². The van der Waals surface area contributed by atoms with Crippen molar-refractivity contribution in [1.82, 2.24) is 5.32 Å². The van der Waals surface area contributed by atoms with Gasteiger partial charge in [0.25, 0.3) is 0 Å². The highest BCUT2D eigenvalue weighted by Gasteiger charge is 2.06. The summed E-state index contributed by atoms with van der Waals surface area (Å²) >= 11 is 0. The zero-order valence-electron chi connectivity index (χ0n) is 9.15. The first kappa shape index (κ1) is 12.4. The average molecular weight is 225 g/mol. The molecular formula is C11H16FN3O. The Bertz CT molecular complexity index is 368. The molecule has 0 aliphatic carbocycles. The van der Waals surface area contributed by atoms with Crippen molar-refractivity contribution in [3.05, 3.63) is 35.6 Å². The van der Waals surface area contributed by atoms with Crippen LogP contribution in [0.25, 0.3) is 0 Å². The second-order valence-corrected chi connectivity index (χ2v) is 3.54. The van der Waals surface area contributed by atoms with Crippen LogP contribution in [0.1, 0.15) is 12.5 Å². The van der Waals surface area contributed by atoms with Gasteiger partial charge in [0.2, 0.25) is 0 Å². The maximum Gasteiger partial charge on any atom is 0.156 e. The first-order chi connectivity index (χ1) is 7.65. The van der Waals surface area contributed by atoms with E-state index in [4.69, 9.17) is 10.9 Å². The number of halogens is 1. The first-order valence-corrected chi connectivity index (χ1v) is 5.09. The number of rotatable bonds is 5. The van der Waals surface area contributed by atoms with Gasteiger partial charge in [-0.3, -0.25) is 0 Å². The van der Waals surface area contributed by atoms with Crippen molar-refractivity contribution in [3.8, 4) is 0 Å². The van der Waals surface area contributed by atoms with Crippen molar-refractivity contribution in [3.63, 3.8) is 0 Å². The van der Waals surface area contributed by atoms with Gasteiger partial charge in [-0.05, 0) is 31.5 Å². The molecule has 0 fully saturated rings. The summed E-state index contributed by atoms with van der Waals surface area (Å²) in [6.45, 7) is 2.34. The Morgan fingerprint density at radius 2 is 2.25 bits per heavy atom. The number of oxime groups is 1. The maximum atomic E-state index is 13.2. The highest BCUT2D eigenvalue weighted by molar-refractivity contribution is 5.84. The highest BCUT2D eigenvalue weighted by atomic mass is 19.1. The van der Waals surface area contributed by atoms with Gasteiger partial charge >= 0.3 is 0 Å². The minimum Gasteiger partial charge on any atom is -0.409 e. The molecule has 0 amide bonds. The van der Waals surface area contributed by atoms with Crippen LogP contribution in [0.5, 0.6) is 0 Å². The van der Waals surface area contributed by atoms with E-state index in [1.807, 2.05) is 0 Å². The number of hydrogen-bond acceptors (Lipinski definition) is 3. The van der Waals surface area contributed by atoms with Crippen LogP contribution in [-0.2, 0) is 6.42 Å². The fourth-order valence-electron chi connectivity index (χ4n) is 1.32. The molecule has 0 bridgehead atoms. The molecule has 0 saturated heterocycles. The van der Waals surface area contributed by atoms with E-state index < -0.39 is 0 Å². The van der Waals surface area contributed by atoms with Gasteiger partial charge < -0.3 is 16.3 Å². The smallest absolute Gasteiger partial charge is 0.156 e. The van der Waals surface area contributed by atoms with Gasteiger partial charge in [0.15, 0.2) is 5.84 Å². The Balaban J connectivity index is 2.39. The van der Waals surface area contributed by atoms with E-state index in [2.05, 4.69) is 10.5 Å². The predicted octanol–water partition coefficient (Wildman–Crippen LogP) is 1.09. The van der Waals surface area contributed by atoms with Crippen molar-refractivity contribution in [2.75, 3.05) is 6.54 Å². The molecule has 1 aromatic carbocycles. The first-order valence-electron chi connectivity index (χ1n) is 5.09. The molecule has 1 unspecified atom stereocenters. The quantitative estimate of drug-likeness (QED) is 0.304. The topological polar surface area (TPSA) is 70.6 Å². The predicted molar refractivity (Wildman–Crippen MR) is 61.0 cm³/mol. The Kier molecular flexibility index (Phi) is 4.72. The Morgan fingerprint density at radius 1 is 1.56 bits per heavy atom. The van der Waals surface area contributed by atoms with Crippen molar-refractivity contribution in [2.45, 2.75) is 19.4 Å². The number of hydrogen-bond donors (Lipinski definition) is 3. The average Bonchev–Trinajstić information content (AvgIpc) is 2.30. The molecule has 0 aliphatic rings. The van der Waals surface area contributed by atoms with Crippen molar-refractivity contribution in [1.29, 1.82) is 0 Å². The fourth-order valence-corrected chi connectivity index (χ4v) is 1.32. The zero-order chi connectivity index (χ0) is 12.0. The van der Waals surface area contributed by atoms with Gasteiger partial charge in [0, 0.05) is 0 Å². The second-order valence-electron chi connectivity index (χ2n) is 3.54. The van der Waals surface area contributed by atoms with E-state index in [1.165, 1.54) is 6.07 Å². The molecule has 4 N–H and O–H groups in total. The largest absolute Gasteiger partial charge is 0.409 e. The SMILES string of the molecule is CC(NCCc1ccccc1F)C(N)=NO. The highest BCUT2D eigenvalue weighted by Crippen LogP contribution is 2.06. The van der Waals surface area contributed by atoms with Crippen LogP contribution in [0.4, 0.5) is 4.39 Å². The van der Waals surface area contributed by atoms with Gasteiger partial charge in [-0.2, -0.15) is 0 Å². The minimum absolute atomic E-state index is 0.119. The van der Waals surface area contributed by atoms with Gasteiger partial charge in [-0.15, -0.1) is 0 Å². The van der Waals surface area contributed by atoms with E-state index in [9.17, 15) is 4.39 Å². The lowest BCUT2D eigenvalue weighted by molar-refractivity contribution is 0.315. The van der Waals surface area contributed by atoms with Gasteiger partial charge in [0.05, 0.1) is 6.04 Å². The summed E-state index contributed by atoms with van der Waals surface area (Å²) in [5, 5.41) is 14.3. The van der Waals surface area contributed by atoms with Crippen LogP contribution < -0.4 is 11.1 Å². The zero-order valence-corrected chi connectivity index (χ0v) is 9.15. The minimum atomic E-state index is -0.225. The number of nitrogens with zero attached hydrogens (tertiary/aromatic N) is 1. The molecule has 0 saturated carbocycles. The maximum absolute atomic E-state index is 13.2. The molecule has 0 spiro atoms. The number of nitrogens with one attached hydrogen (secondary N) is 1. The normalized spacial score (nSPS) is 13.8. The van der Waals surface area contributed by atoms with E-state index in [0.29, 0.717) is 18.5 Å². The fraction of sp³-hybridized carbons (Fsp3) is 0.364. The van der Waals surface area contributed by atoms with Crippen LogP contribution >= 0.6 is 0 Å². The van der Waals surface area contributed by atoms with Crippen LogP contribution in [0, 0.1) is 5.82 Å². The van der Waals surface area contributed by atoms with E-state index >= 15 is 0 Å². The molecule has 0 aromatic heterocycles. The number of amidine groups is 1. The van der Waals surface area contributed by atoms with Crippen LogP contribution in [-0.4, -0.2) is 23.6 Å². The second kappa shape index (κ2) is 6.07. The molecule has 0 radical (unpaired) electrons. The standard InChI is InChI=1S/C11H16FN3O/c1-8(11(13)15-16)14-7-6-9-4-2-3-5-10(9)12/h2-5,8,14,16H,6-7H2,1H3,(H2,13,15). The van der Waals surface area contributed by atoms with Gasteiger partial charge in [-0.1, -0.05) is 23.4 Å². The lowest BCUT2D eigenvalue weighted by Crippen LogP contribution is -2.39. The summed E-state index contributed by atoms with van der Waals surface area (Å²) in [4.78, 5) is 0. The molecule has 1 atom stereocenters.